The van der Waals surface area contributed by atoms with Gasteiger partial charge in [-0.15, -0.1) is 0 Å². The molecule has 1 aliphatic rings. The fourth-order valence-corrected chi connectivity index (χ4v) is 2.18. The number of anilines is 1. The third kappa shape index (κ3) is 4.37. The fourth-order valence-electron chi connectivity index (χ4n) is 2.18. The topological polar surface area (TPSA) is 70.2 Å². The molecule has 0 aromatic heterocycles. The van der Waals surface area contributed by atoms with Crippen LogP contribution in [-0.2, 0) is 11.0 Å². The van der Waals surface area contributed by atoms with Crippen LogP contribution < -0.4 is 16.0 Å². The predicted molar refractivity (Wildman–Crippen MR) is 74.2 cm³/mol. The van der Waals surface area contributed by atoms with Crippen molar-refractivity contribution in [3.8, 4) is 0 Å². The van der Waals surface area contributed by atoms with Crippen molar-refractivity contribution in [3.63, 3.8) is 0 Å². The maximum Gasteiger partial charge on any atom is 0.416 e. The van der Waals surface area contributed by atoms with E-state index >= 15 is 0 Å². The van der Waals surface area contributed by atoms with E-state index in [1.807, 2.05) is 0 Å². The van der Waals surface area contributed by atoms with Crippen LogP contribution in [0.2, 0.25) is 0 Å². The number of benzene rings is 1. The summed E-state index contributed by atoms with van der Waals surface area (Å²) in [5.74, 6) is -0.281. The van der Waals surface area contributed by atoms with Crippen LogP contribution in [0.4, 0.5) is 23.7 Å². The molecular formula is C14H16F3N3O2. The van der Waals surface area contributed by atoms with Gasteiger partial charge in [-0.05, 0) is 37.5 Å². The van der Waals surface area contributed by atoms with E-state index in [9.17, 15) is 22.8 Å². The van der Waals surface area contributed by atoms with Crippen molar-refractivity contribution in [3.05, 3.63) is 29.8 Å². The number of halogens is 3. The molecule has 22 heavy (non-hydrogen) atoms. The van der Waals surface area contributed by atoms with E-state index in [0.717, 1.165) is 25.0 Å². The minimum atomic E-state index is -4.48. The molecule has 0 bridgehead atoms. The molecule has 1 heterocycles. The molecule has 8 heteroatoms. The average molecular weight is 315 g/mol. The molecule has 1 atom stereocenters. The highest BCUT2D eigenvalue weighted by Crippen LogP contribution is 2.30. The van der Waals surface area contributed by atoms with Gasteiger partial charge in [0.2, 0.25) is 5.91 Å². The highest BCUT2D eigenvalue weighted by molar-refractivity contribution is 5.93. The van der Waals surface area contributed by atoms with Crippen LogP contribution in [0.25, 0.3) is 0 Å². The first-order chi connectivity index (χ1) is 10.4. The van der Waals surface area contributed by atoms with Gasteiger partial charge in [-0.1, -0.05) is 6.07 Å². The van der Waals surface area contributed by atoms with E-state index in [-0.39, 0.29) is 11.6 Å². The van der Waals surface area contributed by atoms with Gasteiger partial charge in [-0.3, -0.25) is 4.79 Å². The number of hydrogen-bond acceptors (Lipinski definition) is 2. The summed E-state index contributed by atoms with van der Waals surface area (Å²) in [6.07, 6.45) is -2.36. The molecule has 1 aromatic rings. The lowest BCUT2D eigenvalue weighted by molar-refractivity contribution is -0.137. The maximum absolute atomic E-state index is 12.6. The minimum absolute atomic E-state index is 0.0151. The molecule has 1 fully saturated rings. The maximum atomic E-state index is 12.6. The average Bonchev–Trinajstić information content (AvgIpc) is 2.63. The molecule has 3 N–H and O–H groups in total. The number of carbonyl (C=O) groups excluding carboxylic acids is 2. The molecule has 5 nitrogen and oxygen atoms in total. The Labute approximate surface area is 125 Å². The third-order valence-corrected chi connectivity index (χ3v) is 3.29. The van der Waals surface area contributed by atoms with Crippen molar-refractivity contribution in [2.45, 2.75) is 31.5 Å². The molecule has 1 aromatic carbocycles. The van der Waals surface area contributed by atoms with Crippen molar-refractivity contribution >= 4 is 17.6 Å². The van der Waals surface area contributed by atoms with Crippen molar-refractivity contribution in [2.75, 3.05) is 11.9 Å². The van der Waals surface area contributed by atoms with Crippen molar-refractivity contribution in [1.82, 2.24) is 10.6 Å². The van der Waals surface area contributed by atoms with Gasteiger partial charge in [0.1, 0.15) is 6.04 Å². The SMILES string of the molecule is O=C(Nc1cccc(C(F)(F)F)c1)N[C@H]1CCCCNC1=O. The predicted octanol–water partition coefficient (Wildman–Crippen LogP) is 2.50. The first-order valence-electron chi connectivity index (χ1n) is 6.89. The van der Waals surface area contributed by atoms with Gasteiger partial charge in [0.25, 0.3) is 0 Å². The third-order valence-electron chi connectivity index (χ3n) is 3.29. The van der Waals surface area contributed by atoms with Crippen LogP contribution in [0.1, 0.15) is 24.8 Å². The number of hydrogen-bond donors (Lipinski definition) is 3. The molecule has 0 radical (unpaired) electrons. The fraction of sp³-hybridized carbons (Fsp3) is 0.429. The standard InChI is InChI=1S/C14H16F3N3O2/c15-14(16,17)9-4-3-5-10(8-9)19-13(22)20-11-6-1-2-7-18-12(11)21/h3-5,8,11H,1-2,6-7H2,(H,18,21)(H2,19,20,22)/t11-/m0/s1. The number of alkyl halides is 3. The first-order valence-corrected chi connectivity index (χ1v) is 6.89. The van der Waals surface area contributed by atoms with Crippen LogP contribution in [-0.4, -0.2) is 24.5 Å². The zero-order chi connectivity index (χ0) is 16.2. The summed E-state index contributed by atoms with van der Waals surface area (Å²) in [7, 11) is 0. The Morgan fingerprint density at radius 3 is 2.77 bits per heavy atom. The number of carbonyl (C=O) groups is 2. The first kappa shape index (κ1) is 16.1. The second-order valence-corrected chi connectivity index (χ2v) is 5.02. The molecule has 2 rings (SSSR count). The lowest BCUT2D eigenvalue weighted by atomic mass is 10.1. The van der Waals surface area contributed by atoms with Crippen LogP contribution >= 0.6 is 0 Å². The summed E-state index contributed by atoms with van der Waals surface area (Å²) >= 11 is 0. The summed E-state index contributed by atoms with van der Waals surface area (Å²) in [5.41, 5.74) is -0.834. The van der Waals surface area contributed by atoms with Gasteiger partial charge >= 0.3 is 12.2 Å². The lowest BCUT2D eigenvalue weighted by Gasteiger charge is -2.16. The van der Waals surface area contributed by atoms with E-state index in [0.29, 0.717) is 13.0 Å². The van der Waals surface area contributed by atoms with Gasteiger partial charge in [0.15, 0.2) is 0 Å². The minimum Gasteiger partial charge on any atom is -0.354 e. The smallest absolute Gasteiger partial charge is 0.354 e. The van der Waals surface area contributed by atoms with E-state index < -0.39 is 23.8 Å². The van der Waals surface area contributed by atoms with E-state index in [1.54, 1.807) is 0 Å². The van der Waals surface area contributed by atoms with Crippen LogP contribution in [0.15, 0.2) is 24.3 Å². The molecule has 120 valence electrons. The molecular weight excluding hydrogens is 299 g/mol. The highest BCUT2D eigenvalue weighted by atomic mass is 19.4. The number of urea groups is 1. The van der Waals surface area contributed by atoms with Gasteiger partial charge in [-0.25, -0.2) is 4.79 Å². The molecule has 0 spiro atoms. The van der Waals surface area contributed by atoms with E-state index in [2.05, 4.69) is 16.0 Å². The van der Waals surface area contributed by atoms with Gasteiger partial charge in [0.05, 0.1) is 5.56 Å². The highest BCUT2D eigenvalue weighted by Gasteiger charge is 2.30. The Bertz CT molecular complexity index is 561. The number of rotatable bonds is 2. The molecule has 0 unspecified atom stereocenters. The quantitative estimate of drug-likeness (QED) is 0.785. The number of nitrogens with one attached hydrogen (secondary N) is 3. The Kier molecular flexibility index (Phi) is 4.89. The van der Waals surface area contributed by atoms with Crippen molar-refractivity contribution in [2.24, 2.45) is 0 Å². The second-order valence-electron chi connectivity index (χ2n) is 5.02. The molecule has 0 saturated carbocycles. The molecule has 0 aliphatic carbocycles. The van der Waals surface area contributed by atoms with Crippen LogP contribution in [0.3, 0.4) is 0 Å². The Morgan fingerprint density at radius 2 is 2.05 bits per heavy atom. The lowest BCUT2D eigenvalue weighted by Crippen LogP contribution is -2.47. The Morgan fingerprint density at radius 1 is 1.27 bits per heavy atom. The summed E-state index contributed by atoms with van der Waals surface area (Å²) in [6, 6.07) is 2.93. The second kappa shape index (κ2) is 6.67. The summed E-state index contributed by atoms with van der Waals surface area (Å²) in [4.78, 5) is 23.5. The zero-order valence-electron chi connectivity index (χ0n) is 11.7. The molecule has 1 saturated heterocycles. The van der Waals surface area contributed by atoms with Gasteiger partial charge in [-0.2, -0.15) is 13.2 Å². The normalized spacial score (nSPS) is 19.0. The summed E-state index contributed by atoms with van der Waals surface area (Å²) < 4.78 is 37.8. The monoisotopic (exact) mass is 315 g/mol. The molecule has 1 aliphatic heterocycles. The van der Waals surface area contributed by atoms with Gasteiger partial charge < -0.3 is 16.0 Å². The van der Waals surface area contributed by atoms with E-state index in [4.69, 9.17) is 0 Å². The van der Waals surface area contributed by atoms with Crippen molar-refractivity contribution < 1.29 is 22.8 Å². The largest absolute Gasteiger partial charge is 0.416 e. The van der Waals surface area contributed by atoms with Crippen molar-refractivity contribution in [1.29, 1.82) is 0 Å². The Balaban J connectivity index is 1.98. The zero-order valence-corrected chi connectivity index (χ0v) is 11.7. The van der Waals surface area contributed by atoms with Crippen LogP contribution in [0, 0.1) is 0 Å². The molecule has 3 amide bonds. The summed E-state index contributed by atoms with van der Waals surface area (Å²) in [6.45, 7) is 0.562. The Hall–Kier alpha value is -2.25. The van der Waals surface area contributed by atoms with E-state index in [1.165, 1.54) is 12.1 Å². The van der Waals surface area contributed by atoms with Gasteiger partial charge in [0, 0.05) is 12.2 Å². The number of amides is 3. The van der Waals surface area contributed by atoms with Crippen LogP contribution in [0.5, 0.6) is 0 Å². The summed E-state index contributed by atoms with van der Waals surface area (Å²) in [5, 5.41) is 7.45.